The Balaban J connectivity index is 2.65. The first kappa shape index (κ1) is 15.0. The van der Waals surface area contributed by atoms with Gasteiger partial charge in [-0.25, -0.2) is 8.78 Å². The van der Waals surface area contributed by atoms with Gasteiger partial charge >= 0.3 is 0 Å². The summed E-state index contributed by atoms with van der Waals surface area (Å²) in [5, 5.41) is 5.15. The fourth-order valence-electron chi connectivity index (χ4n) is 1.26. The second-order valence-corrected chi connectivity index (χ2v) is 4.90. The number of amides is 1. The molecule has 0 fully saturated rings. The van der Waals surface area contributed by atoms with Gasteiger partial charge in [-0.3, -0.25) is 4.79 Å². The van der Waals surface area contributed by atoms with E-state index in [1.165, 1.54) is 0 Å². The van der Waals surface area contributed by atoms with Crippen molar-refractivity contribution < 1.29 is 13.6 Å². The number of carbonyl (C=O) groups excluding carboxylic acids is 1. The molecule has 1 aromatic carbocycles. The van der Waals surface area contributed by atoms with E-state index >= 15 is 0 Å². The van der Waals surface area contributed by atoms with E-state index in [1.807, 2.05) is 13.8 Å². The van der Waals surface area contributed by atoms with Crippen LogP contribution in [0.1, 0.15) is 20.3 Å². The van der Waals surface area contributed by atoms with Gasteiger partial charge in [-0.15, -0.1) is 0 Å². The Kier molecular flexibility index (Phi) is 5.68. The molecule has 18 heavy (non-hydrogen) atoms. The first-order chi connectivity index (χ1) is 8.43. The van der Waals surface area contributed by atoms with Crippen molar-refractivity contribution in [3.63, 3.8) is 0 Å². The Bertz CT molecular complexity index is 417. The molecule has 0 heterocycles. The van der Waals surface area contributed by atoms with E-state index in [-0.39, 0.29) is 17.1 Å². The molecule has 1 amide bonds. The summed E-state index contributed by atoms with van der Waals surface area (Å²) in [6.07, 6.45) is 0.869. The van der Waals surface area contributed by atoms with Gasteiger partial charge in [0.2, 0.25) is 5.91 Å². The predicted octanol–water partition coefficient (Wildman–Crippen LogP) is 3.05. The molecule has 0 aromatic heterocycles. The number of anilines is 1. The van der Waals surface area contributed by atoms with Crippen LogP contribution in [0.25, 0.3) is 0 Å². The summed E-state index contributed by atoms with van der Waals surface area (Å²) in [6, 6.07) is 2.37. The molecule has 2 N–H and O–H groups in total. The Morgan fingerprint density at radius 1 is 1.39 bits per heavy atom. The molecular formula is C12H15BrF2N2O. The van der Waals surface area contributed by atoms with Crippen molar-refractivity contribution >= 4 is 27.5 Å². The van der Waals surface area contributed by atoms with Gasteiger partial charge in [-0.05, 0) is 25.5 Å². The van der Waals surface area contributed by atoms with E-state index in [4.69, 9.17) is 0 Å². The van der Waals surface area contributed by atoms with Crippen molar-refractivity contribution in [2.24, 2.45) is 0 Å². The molecular weight excluding hydrogens is 306 g/mol. The third kappa shape index (κ3) is 4.34. The SMILES string of the molecule is CCC(C)NCC(=O)Nc1c(F)cc(Br)cc1F. The second kappa shape index (κ2) is 6.80. The van der Waals surface area contributed by atoms with E-state index in [0.717, 1.165) is 18.6 Å². The van der Waals surface area contributed by atoms with Gasteiger partial charge in [-0.1, -0.05) is 22.9 Å². The van der Waals surface area contributed by atoms with Crippen molar-refractivity contribution in [3.8, 4) is 0 Å². The zero-order valence-corrected chi connectivity index (χ0v) is 11.8. The summed E-state index contributed by atoms with van der Waals surface area (Å²) >= 11 is 2.97. The van der Waals surface area contributed by atoms with Crippen molar-refractivity contribution in [3.05, 3.63) is 28.2 Å². The van der Waals surface area contributed by atoms with Crippen molar-refractivity contribution in [1.29, 1.82) is 0 Å². The summed E-state index contributed by atoms with van der Waals surface area (Å²) in [5.74, 6) is -2.09. The number of benzene rings is 1. The molecule has 100 valence electrons. The quantitative estimate of drug-likeness (QED) is 0.875. The summed E-state index contributed by atoms with van der Waals surface area (Å²) in [4.78, 5) is 11.5. The van der Waals surface area contributed by atoms with E-state index < -0.39 is 23.2 Å². The molecule has 1 atom stereocenters. The number of nitrogens with one attached hydrogen (secondary N) is 2. The summed E-state index contributed by atoms with van der Waals surface area (Å²) in [6.45, 7) is 3.92. The van der Waals surface area contributed by atoms with Crippen LogP contribution in [0, 0.1) is 11.6 Å². The zero-order chi connectivity index (χ0) is 13.7. The summed E-state index contributed by atoms with van der Waals surface area (Å²) in [5.41, 5.74) is -0.422. The van der Waals surface area contributed by atoms with Crippen molar-refractivity contribution in [1.82, 2.24) is 5.32 Å². The monoisotopic (exact) mass is 320 g/mol. The first-order valence-corrected chi connectivity index (χ1v) is 6.41. The molecule has 0 aliphatic heterocycles. The summed E-state index contributed by atoms with van der Waals surface area (Å²) in [7, 11) is 0. The van der Waals surface area contributed by atoms with Crippen LogP contribution in [0.15, 0.2) is 16.6 Å². The average Bonchev–Trinajstić information content (AvgIpc) is 2.30. The highest BCUT2D eigenvalue weighted by Gasteiger charge is 2.13. The lowest BCUT2D eigenvalue weighted by molar-refractivity contribution is -0.115. The minimum absolute atomic E-state index is 0.0178. The van der Waals surface area contributed by atoms with Gasteiger partial charge in [0, 0.05) is 10.5 Å². The average molecular weight is 321 g/mol. The molecule has 0 saturated heterocycles. The number of hydrogen-bond donors (Lipinski definition) is 2. The number of carbonyl (C=O) groups is 1. The lowest BCUT2D eigenvalue weighted by atomic mass is 10.2. The molecule has 0 aliphatic carbocycles. The maximum Gasteiger partial charge on any atom is 0.238 e. The fraction of sp³-hybridized carbons (Fsp3) is 0.417. The fourth-order valence-corrected chi connectivity index (χ4v) is 1.66. The van der Waals surface area contributed by atoms with Crippen LogP contribution >= 0.6 is 15.9 Å². The van der Waals surface area contributed by atoms with Gasteiger partial charge in [0.25, 0.3) is 0 Å². The molecule has 1 unspecified atom stereocenters. The second-order valence-electron chi connectivity index (χ2n) is 3.98. The minimum Gasteiger partial charge on any atom is -0.320 e. The van der Waals surface area contributed by atoms with Crippen LogP contribution in [0.3, 0.4) is 0 Å². The first-order valence-electron chi connectivity index (χ1n) is 5.61. The van der Waals surface area contributed by atoms with E-state index in [1.54, 1.807) is 0 Å². The molecule has 3 nitrogen and oxygen atoms in total. The third-order valence-electron chi connectivity index (χ3n) is 2.49. The smallest absolute Gasteiger partial charge is 0.238 e. The Morgan fingerprint density at radius 3 is 2.44 bits per heavy atom. The molecule has 0 radical (unpaired) electrons. The van der Waals surface area contributed by atoms with Crippen molar-refractivity contribution in [2.75, 3.05) is 11.9 Å². The van der Waals surface area contributed by atoms with Gasteiger partial charge in [0.15, 0.2) is 11.6 Å². The molecule has 1 aromatic rings. The van der Waals surface area contributed by atoms with Gasteiger partial charge in [0.05, 0.1) is 6.54 Å². The van der Waals surface area contributed by atoms with E-state index in [9.17, 15) is 13.6 Å². The Hall–Kier alpha value is -1.01. The highest BCUT2D eigenvalue weighted by atomic mass is 79.9. The molecule has 1 rings (SSSR count). The third-order valence-corrected chi connectivity index (χ3v) is 2.95. The highest BCUT2D eigenvalue weighted by Crippen LogP contribution is 2.23. The normalized spacial score (nSPS) is 12.3. The molecule has 0 bridgehead atoms. The number of hydrogen-bond acceptors (Lipinski definition) is 2. The van der Waals surface area contributed by atoms with Crippen LogP contribution in [0.5, 0.6) is 0 Å². The Labute approximate surface area is 113 Å². The van der Waals surface area contributed by atoms with Crippen LogP contribution in [-0.2, 0) is 4.79 Å². The summed E-state index contributed by atoms with van der Waals surface area (Å²) < 4.78 is 27.1. The maximum absolute atomic E-state index is 13.4. The molecule has 0 spiro atoms. The number of halogens is 3. The number of rotatable bonds is 5. The van der Waals surface area contributed by atoms with Crippen LogP contribution in [-0.4, -0.2) is 18.5 Å². The minimum atomic E-state index is -0.807. The topological polar surface area (TPSA) is 41.1 Å². The standard InChI is InChI=1S/C12H15BrF2N2O/c1-3-7(2)16-6-11(18)17-12-9(14)4-8(13)5-10(12)15/h4-5,7,16H,3,6H2,1-2H3,(H,17,18). The molecule has 0 aliphatic rings. The van der Waals surface area contributed by atoms with Crippen LogP contribution in [0.2, 0.25) is 0 Å². The maximum atomic E-state index is 13.4. The molecule has 6 heteroatoms. The lowest BCUT2D eigenvalue weighted by Gasteiger charge is -2.12. The highest BCUT2D eigenvalue weighted by molar-refractivity contribution is 9.10. The van der Waals surface area contributed by atoms with Gasteiger partial charge in [-0.2, -0.15) is 0 Å². The zero-order valence-electron chi connectivity index (χ0n) is 10.2. The van der Waals surface area contributed by atoms with Gasteiger partial charge in [0.1, 0.15) is 5.69 Å². The predicted molar refractivity (Wildman–Crippen MR) is 70.4 cm³/mol. The lowest BCUT2D eigenvalue weighted by Crippen LogP contribution is -2.34. The van der Waals surface area contributed by atoms with E-state index in [0.29, 0.717) is 0 Å². The molecule has 0 saturated carbocycles. The largest absolute Gasteiger partial charge is 0.320 e. The van der Waals surface area contributed by atoms with Gasteiger partial charge < -0.3 is 10.6 Å². The Morgan fingerprint density at radius 2 is 1.94 bits per heavy atom. The van der Waals surface area contributed by atoms with Crippen LogP contribution in [0.4, 0.5) is 14.5 Å². The van der Waals surface area contributed by atoms with Crippen LogP contribution < -0.4 is 10.6 Å². The van der Waals surface area contributed by atoms with E-state index in [2.05, 4.69) is 26.6 Å². The van der Waals surface area contributed by atoms with Crippen molar-refractivity contribution in [2.45, 2.75) is 26.3 Å².